The van der Waals surface area contributed by atoms with Gasteiger partial charge in [-0.1, -0.05) is 13.1 Å². The fourth-order valence-corrected chi connectivity index (χ4v) is 5.47. The van der Waals surface area contributed by atoms with Crippen molar-refractivity contribution in [3.8, 4) is 0 Å². The molecule has 1 aliphatic heterocycles. The number of fused-ring (bicyclic) bond motifs is 1. The number of allylic oxidation sites excluding steroid dienone is 1. The van der Waals surface area contributed by atoms with Gasteiger partial charge in [0, 0.05) is 9.52 Å². The quantitative estimate of drug-likeness (QED) is 0.549. The average molecular weight is 449 g/mol. The number of likely N-dealkylation sites (tertiary alicyclic amines) is 1. The fraction of sp³-hybridized carbons (Fsp3) is 0.600. The van der Waals surface area contributed by atoms with Gasteiger partial charge < -0.3 is 24.8 Å². The van der Waals surface area contributed by atoms with Crippen molar-refractivity contribution >= 4 is 15.2 Å². The fourth-order valence-electron chi connectivity index (χ4n) is 3.38. The summed E-state index contributed by atoms with van der Waals surface area (Å²) in [6, 6.07) is 9.08. The summed E-state index contributed by atoms with van der Waals surface area (Å²) in [7, 11) is 0.417. The Morgan fingerprint density at radius 2 is 1.62 bits per heavy atom. The molecule has 1 atom stereocenters. The molecule has 3 rings (SSSR count). The molecule has 1 N–H and O–H groups in total. The van der Waals surface area contributed by atoms with Crippen LogP contribution in [0.2, 0.25) is 13.1 Å². The summed E-state index contributed by atoms with van der Waals surface area (Å²) in [6.07, 6.45) is 2.69. The van der Waals surface area contributed by atoms with E-state index in [1.165, 1.54) is 31.5 Å². The number of nitrogens with one attached hydrogen (secondary N) is 1. The molecule has 1 fully saturated rings. The van der Waals surface area contributed by atoms with Gasteiger partial charge in [-0.25, -0.2) is 0 Å². The monoisotopic (exact) mass is 448 g/mol. The van der Waals surface area contributed by atoms with Gasteiger partial charge in [-0.15, -0.1) is 0 Å². The van der Waals surface area contributed by atoms with Crippen LogP contribution in [0, 0.1) is 0 Å². The molecule has 1 aromatic rings. The zero-order valence-electron chi connectivity index (χ0n) is 17.1. The molecule has 6 heteroatoms. The minimum Gasteiger partial charge on any atom is -1.00 e. The van der Waals surface area contributed by atoms with E-state index in [0.29, 0.717) is 13.7 Å². The second-order valence-electron chi connectivity index (χ2n) is 7.97. The topological polar surface area (TPSA) is 15.3 Å². The van der Waals surface area contributed by atoms with E-state index < -0.39 is 0 Å². The van der Waals surface area contributed by atoms with E-state index >= 15 is 0 Å². The number of rotatable bonds is 3. The second kappa shape index (κ2) is 11.9. The van der Waals surface area contributed by atoms with Crippen LogP contribution in [-0.4, -0.2) is 33.0 Å². The average Bonchev–Trinajstić information content (AvgIpc) is 3.11. The van der Waals surface area contributed by atoms with Crippen LogP contribution in [-0.2, 0) is 19.4 Å². The van der Waals surface area contributed by atoms with Crippen molar-refractivity contribution in [1.29, 1.82) is 0 Å². The molecular formula is C20H34Cl2N2SiTi. The Hall–Kier alpha value is 0.231. The first-order valence-electron chi connectivity index (χ1n) is 9.46. The summed E-state index contributed by atoms with van der Waals surface area (Å²) in [5, 5.41) is 0. The Morgan fingerprint density at radius 1 is 1.08 bits per heavy atom. The van der Waals surface area contributed by atoms with Crippen molar-refractivity contribution in [2.45, 2.75) is 63.4 Å². The predicted octanol–water partition coefficient (Wildman–Crippen LogP) is -1.79. The minimum absolute atomic E-state index is 0. The molecular weight excluding hydrogens is 415 g/mol. The minimum atomic E-state index is -0.226. The predicted molar refractivity (Wildman–Crippen MR) is 106 cm³/mol. The van der Waals surface area contributed by atoms with Crippen LogP contribution in [0.15, 0.2) is 29.8 Å². The molecule has 146 valence electrons. The third-order valence-corrected chi connectivity index (χ3v) is 7.36. The maximum Gasteiger partial charge on any atom is 0.0135 e. The van der Waals surface area contributed by atoms with Crippen molar-refractivity contribution in [1.82, 2.24) is 8.70 Å². The Bertz CT molecular complexity index is 581. The van der Waals surface area contributed by atoms with Gasteiger partial charge in [0.25, 0.3) is 0 Å². The zero-order chi connectivity index (χ0) is 17.7. The van der Waals surface area contributed by atoms with E-state index in [1.54, 1.807) is 16.8 Å². The molecule has 0 aromatic heterocycles. The summed E-state index contributed by atoms with van der Waals surface area (Å²) in [5.41, 5.74) is 6.45. The third kappa shape index (κ3) is 6.68. The van der Waals surface area contributed by atoms with Crippen molar-refractivity contribution in [2.24, 2.45) is 0 Å². The van der Waals surface area contributed by atoms with Crippen LogP contribution < -0.4 is 28.6 Å². The molecule has 0 spiro atoms. The summed E-state index contributed by atoms with van der Waals surface area (Å²) in [4.78, 5) is 2.62. The molecule has 2 aliphatic rings. The Labute approximate surface area is 184 Å². The first-order valence-corrected chi connectivity index (χ1v) is 14.0. The number of benzene rings is 1. The molecule has 0 bridgehead atoms. The van der Waals surface area contributed by atoms with Crippen LogP contribution in [0.25, 0.3) is 5.70 Å². The molecule has 26 heavy (non-hydrogen) atoms. The van der Waals surface area contributed by atoms with Crippen LogP contribution >= 0.6 is 0 Å². The standard InChI is InChI=1S/C14H16N.C4H10N.C2H8Si.2ClH.Ti/c1-11-10-12-6-2-3-7-13(12)14(11)15-8-4-5-9-15;1-4(2,3)5;1-3-2;;;/h2-3,6-7,10H,4-5,8-9H2,1H3;5H,1-3H3;3H2,1-2H3;2*1H;/q;-1;;;;+3/p-2. The molecule has 1 aliphatic carbocycles. The van der Waals surface area contributed by atoms with Gasteiger partial charge in [0.15, 0.2) is 0 Å². The molecule has 1 heterocycles. The van der Waals surface area contributed by atoms with E-state index in [4.69, 9.17) is 0 Å². The van der Waals surface area contributed by atoms with Crippen LogP contribution in [0.4, 0.5) is 0 Å². The van der Waals surface area contributed by atoms with Crippen LogP contribution in [0.5, 0.6) is 0 Å². The molecule has 1 unspecified atom stereocenters. The summed E-state index contributed by atoms with van der Waals surface area (Å²) in [5.74, 6) is 0. The van der Waals surface area contributed by atoms with Gasteiger partial charge in [0.05, 0.1) is 0 Å². The SMILES string of the molecule is CC1=C(N2CCCC2)c2ccccc2[CH]1[Ti+2][NH]C(C)(C)C.C[SiH2]C.[Cl-].[Cl-]. The van der Waals surface area contributed by atoms with E-state index in [9.17, 15) is 0 Å². The van der Waals surface area contributed by atoms with Gasteiger partial charge in [-0.3, -0.25) is 0 Å². The number of halogens is 2. The van der Waals surface area contributed by atoms with Crippen molar-refractivity contribution < 1.29 is 44.2 Å². The van der Waals surface area contributed by atoms with E-state index in [1.807, 2.05) is 0 Å². The Kier molecular flexibility index (Phi) is 12.0. The van der Waals surface area contributed by atoms with Gasteiger partial charge in [0.1, 0.15) is 0 Å². The summed E-state index contributed by atoms with van der Waals surface area (Å²) < 4.78 is 4.47. The third-order valence-electron chi connectivity index (χ3n) is 4.35. The molecule has 0 saturated carbocycles. The second-order valence-corrected chi connectivity index (χ2v) is 11.1. The molecule has 2 nitrogen and oxygen atoms in total. The summed E-state index contributed by atoms with van der Waals surface area (Å²) >= 11 is -0.226. The van der Waals surface area contributed by atoms with E-state index in [-0.39, 0.29) is 49.8 Å². The molecule has 0 radical (unpaired) electrons. The number of hydrogen-bond acceptors (Lipinski definition) is 2. The maximum atomic E-state index is 3.82. The summed E-state index contributed by atoms with van der Waals surface area (Å²) in [6.45, 7) is 16.2. The van der Waals surface area contributed by atoms with Gasteiger partial charge in [-0.2, -0.15) is 0 Å². The van der Waals surface area contributed by atoms with Crippen molar-refractivity contribution in [2.75, 3.05) is 13.1 Å². The smallest absolute Gasteiger partial charge is 0.0135 e. The molecule has 1 aromatic carbocycles. The van der Waals surface area contributed by atoms with E-state index in [2.05, 4.69) is 73.8 Å². The normalized spacial score (nSPS) is 18.2. The zero-order valence-corrected chi connectivity index (χ0v) is 21.6. The van der Waals surface area contributed by atoms with Crippen LogP contribution in [0.1, 0.15) is 55.9 Å². The molecule has 1 saturated heterocycles. The number of hydrogen-bond donors (Lipinski definition) is 1. The molecule has 0 amide bonds. The maximum absolute atomic E-state index is 3.82. The first-order chi connectivity index (χ1) is 11.4. The number of nitrogens with zero attached hydrogens (tertiary/aromatic N) is 1. The van der Waals surface area contributed by atoms with E-state index in [0.717, 1.165) is 0 Å². The first kappa shape index (κ1) is 26.2. The van der Waals surface area contributed by atoms with Crippen LogP contribution in [0.3, 0.4) is 0 Å². The van der Waals surface area contributed by atoms with Crippen molar-refractivity contribution in [3.63, 3.8) is 0 Å². The van der Waals surface area contributed by atoms with Gasteiger partial charge in [0.2, 0.25) is 0 Å². The largest absolute Gasteiger partial charge is 1.00 e. The van der Waals surface area contributed by atoms with Gasteiger partial charge >= 0.3 is 138 Å². The Morgan fingerprint density at radius 3 is 2.15 bits per heavy atom. The Balaban J connectivity index is 0.00000117. The van der Waals surface area contributed by atoms with Crippen molar-refractivity contribution in [3.05, 3.63) is 41.0 Å². The van der Waals surface area contributed by atoms with Gasteiger partial charge in [-0.05, 0) is 0 Å².